The molecule has 10 aromatic carbocycles. The molecule has 0 aliphatic carbocycles. The van der Waals surface area contributed by atoms with Crippen molar-refractivity contribution in [1.29, 1.82) is 0 Å². The third-order valence-electron chi connectivity index (χ3n) is 13.9. The van der Waals surface area contributed by atoms with Gasteiger partial charge in [0.1, 0.15) is 0 Å². The number of fused-ring (bicyclic) bond motifs is 7. The first-order chi connectivity index (χ1) is 33.9. The molecule has 5 nitrogen and oxygen atoms in total. The molecule has 0 aliphatic rings. The van der Waals surface area contributed by atoms with E-state index < -0.39 is 0 Å². The summed E-state index contributed by atoms with van der Waals surface area (Å²) in [5.41, 5.74) is 16.3. The highest BCUT2D eigenvalue weighted by Gasteiger charge is 2.22. The molecule has 0 amide bonds. The topological polar surface area (TPSA) is 48.9 Å². The Bertz CT molecular complexity index is 4310. The van der Waals surface area contributed by atoms with Gasteiger partial charge in [-0.25, -0.2) is 0 Å². The zero-order valence-corrected chi connectivity index (χ0v) is 38.0. The Morgan fingerprint density at radius 1 is 0.275 bits per heavy atom. The molecule has 0 saturated carbocycles. The van der Waals surface area contributed by atoms with Crippen molar-refractivity contribution in [2.24, 2.45) is 0 Å². The van der Waals surface area contributed by atoms with Gasteiger partial charge in [0.15, 0.2) is 10.9 Å². The lowest BCUT2D eigenvalue weighted by Crippen LogP contribution is -2.12. The zero-order chi connectivity index (χ0) is 46.3. The Hall–Kier alpha value is -9.06. The molecule has 69 heavy (non-hydrogen) atoms. The van der Waals surface area contributed by atoms with Crippen LogP contribution in [0.1, 0.15) is 11.1 Å². The fraction of sp³-hybridized carbons (Fsp3) is 0.0312. The second-order valence-corrected chi connectivity index (χ2v) is 18.1. The van der Waals surface area contributed by atoms with Crippen molar-refractivity contribution < 1.29 is 0 Å². The Morgan fingerprint density at radius 2 is 0.710 bits per heavy atom. The quantitative estimate of drug-likeness (QED) is 0.156. The zero-order valence-electron chi connectivity index (χ0n) is 38.0. The number of rotatable bonds is 6. The van der Waals surface area contributed by atoms with Crippen LogP contribution in [-0.4, -0.2) is 13.7 Å². The Labute approximate surface area is 397 Å². The molecule has 0 aliphatic heterocycles. The van der Waals surface area contributed by atoms with E-state index in [0.717, 1.165) is 83.5 Å². The van der Waals surface area contributed by atoms with E-state index in [2.05, 4.69) is 155 Å². The van der Waals surface area contributed by atoms with Crippen LogP contribution in [0.2, 0.25) is 0 Å². The molecule has 13 aromatic rings. The van der Waals surface area contributed by atoms with Crippen molar-refractivity contribution in [2.45, 2.75) is 13.8 Å². The SMILES string of the molecule is Cc1ccc2c(c1)c1cc(C)ccc1n2-c1cccc(-c2ccc(-c3cccc4c3c(=O)c3ccccc3n4-c3ccccc3)cc2-c2cccc3c2c(=O)c2ccccc2n3-c2ccccc2)c1. The van der Waals surface area contributed by atoms with Gasteiger partial charge < -0.3 is 13.7 Å². The lowest BCUT2D eigenvalue weighted by Gasteiger charge is -2.20. The van der Waals surface area contributed by atoms with Crippen molar-refractivity contribution >= 4 is 65.4 Å². The first-order valence-corrected chi connectivity index (χ1v) is 23.4. The van der Waals surface area contributed by atoms with E-state index in [1.807, 2.05) is 97.1 Å². The summed E-state index contributed by atoms with van der Waals surface area (Å²) >= 11 is 0. The minimum atomic E-state index is -0.0354. The number of para-hydroxylation sites is 4. The Kier molecular flexibility index (Phi) is 9.21. The van der Waals surface area contributed by atoms with Gasteiger partial charge in [0, 0.05) is 38.6 Å². The molecule has 0 fully saturated rings. The number of hydrogen-bond donors (Lipinski definition) is 0. The average molecular weight is 886 g/mol. The van der Waals surface area contributed by atoms with Crippen LogP contribution in [0, 0.1) is 13.8 Å². The molecule has 0 saturated heterocycles. The number of aromatic nitrogens is 3. The van der Waals surface area contributed by atoms with Gasteiger partial charge >= 0.3 is 0 Å². The highest BCUT2D eigenvalue weighted by molar-refractivity contribution is 6.11. The highest BCUT2D eigenvalue weighted by atomic mass is 16.1. The van der Waals surface area contributed by atoms with Gasteiger partial charge in [-0.2, -0.15) is 0 Å². The van der Waals surface area contributed by atoms with Crippen molar-refractivity contribution in [1.82, 2.24) is 13.7 Å². The van der Waals surface area contributed by atoms with Gasteiger partial charge in [0.05, 0.1) is 43.9 Å². The fourth-order valence-electron chi connectivity index (χ4n) is 10.9. The maximum atomic E-state index is 15.2. The second kappa shape index (κ2) is 15.8. The lowest BCUT2D eigenvalue weighted by molar-refractivity contribution is 1.16. The fourth-order valence-corrected chi connectivity index (χ4v) is 10.9. The molecule has 5 heteroatoms. The molecule has 326 valence electrons. The number of hydrogen-bond acceptors (Lipinski definition) is 2. The normalized spacial score (nSPS) is 11.7. The standard InChI is InChI=1S/C64H43N3O2/c1-40-30-34-57-53(36-40)54-37-41(2)31-35-58(54)67(57)46-21-13-16-42(38-46)47-33-32-43(48-24-14-28-59-61(48)63(68)50-22-9-11-26-55(50)65(59)44-17-5-3-6-18-44)39-52(47)49-25-15-29-60-62(49)64(69)51-23-10-12-27-56(51)66(60)45-19-7-4-8-20-45/h3-39H,1-2H3. The molecular formula is C64H43N3O2. The number of pyridine rings is 2. The molecule has 0 unspecified atom stereocenters. The van der Waals surface area contributed by atoms with E-state index in [-0.39, 0.29) is 10.9 Å². The van der Waals surface area contributed by atoms with Crippen LogP contribution >= 0.6 is 0 Å². The number of nitrogens with zero attached hydrogens (tertiary/aromatic N) is 3. The summed E-state index contributed by atoms with van der Waals surface area (Å²) in [5, 5.41) is 4.98. The predicted octanol–water partition coefficient (Wildman–Crippen LogP) is 15.3. The molecule has 0 radical (unpaired) electrons. The second-order valence-electron chi connectivity index (χ2n) is 18.1. The van der Waals surface area contributed by atoms with Gasteiger partial charge in [0.2, 0.25) is 0 Å². The number of aryl methyl sites for hydroxylation is 2. The van der Waals surface area contributed by atoms with Gasteiger partial charge in [-0.15, -0.1) is 0 Å². The van der Waals surface area contributed by atoms with Crippen molar-refractivity contribution in [3.8, 4) is 50.4 Å². The largest absolute Gasteiger partial charge is 0.309 e. The van der Waals surface area contributed by atoms with E-state index in [9.17, 15) is 4.79 Å². The molecule has 3 heterocycles. The summed E-state index contributed by atoms with van der Waals surface area (Å²) in [6.07, 6.45) is 0. The third kappa shape index (κ3) is 6.32. The molecule has 0 bridgehead atoms. The summed E-state index contributed by atoms with van der Waals surface area (Å²) < 4.78 is 6.75. The number of benzene rings is 10. The van der Waals surface area contributed by atoms with Gasteiger partial charge in [0.25, 0.3) is 0 Å². The summed E-state index contributed by atoms with van der Waals surface area (Å²) in [6.45, 7) is 4.29. The maximum Gasteiger partial charge on any atom is 0.197 e. The molecule has 0 atom stereocenters. The van der Waals surface area contributed by atoms with E-state index in [1.165, 1.54) is 21.9 Å². The van der Waals surface area contributed by atoms with Crippen LogP contribution in [0.4, 0.5) is 0 Å². The third-order valence-corrected chi connectivity index (χ3v) is 13.9. The van der Waals surface area contributed by atoms with Gasteiger partial charge in [-0.05, 0) is 150 Å². The van der Waals surface area contributed by atoms with E-state index in [0.29, 0.717) is 21.5 Å². The molecule has 13 rings (SSSR count). The average Bonchev–Trinajstić information content (AvgIpc) is 3.71. The molecule has 0 N–H and O–H groups in total. The minimum Gasteiger partial charge on any atom is -0.309 e. The summed E-state index contributed by atoms with van der Waals surface area (Å²) in [7, 11) is 0. The van der Waals surface area contributed by atoms with Crippen LogP contribution in [0.15, 0.2) is 234 Å². The van der Waals surface area contributed by atoms with Crippen molar-refractivity contribution in [3.05, 3.63) is 256 Å². The monoisotopic (exact) mass is 885 g/mol. The van der Waals surface area contributed by atoms with Crippen LogP contribution in [-0.2, 0) is 0 Å². The summed E-state index contributed by atoms with van der Waals surface area (Å²) in [4.78, 5) is 30.2. The smallest absolute Gasteiger partial charge is 0.197 e. The molecule has 3 aromatic heterocycles. The van der Waals surface area contributed by atoms with Gasteiger partial charge in [-0.1, -0.05) is 132 Å². The lowest BCUT2D eigenvalue weighted by atomic mass is 9.88. The van der Waals surface area contributed by atoms with Crippen molar-refractivity contribution in [3.63, 3.8) is 0 Å². The van der Waals surface area contributed by atoms with Crippen LogP contribution in [0.25, 0.3) is 116 Å². The van der Waals surface area contributed by atoms with Crippen LogP contribution in [0.3, 0.4) is 0 Å². The highest BCUT2D eigenvalue weighted by Crippen LogP contribution is 2.42. The first-order valence-electron chi connectivity index (χ1n) is 23.4. The molecule has 0 spiro atoms. The summed E-state index contributed by atoms with van der Waals surface area (Å²) in [6, 6.07) is 77.2. The van der Waals surface area contributed by atoms with E-state index >= 15 is 4.79 Å². The molecular weight excluding hydrogens is 843 g/mol. The Balaban J connectivity index is 1.12. The minimum absolute atomic E-state index is 0.0272. The maximum absolute atomic E-state index is 15.2. The predicted molar refractivity (Wildman–Crippen MR) is 288 cm³/mol. The van der Waals surface area contributed by atoms with Crippen LogP contribution in [0.5, 0.6) is 0 Å². The summed E-state index contributed by atoms with van der Waals surface area (Å²) in [5.74, 6) is 0. The van der Waals surface area contributed by atoms with E-state index in [1.54, 1.807) is 0 Å². The Morgan fingerprint density at radius 3 is 1.29 bits per heavy atom. The van der Waals surface area contributed by atoms with E-state index in [4.69, 9.17) is 0 Å². The van der Waals surface area contributed by atoms with Crippen molar-refractivity contribution in [2.75, 3.05) is 0 Å². The van der Waals surface area contributed by atoms with Gasteiger partial charge in [-0.3, -0.25) is 9.59 Å². The van der Waals surface area contributed by atoms with Crippen LogP contribution < -0.4 is 10.9 Å². The first kappa shape index (κ1) is 40.2.